The lowest BCUT2D eigenvalue weighted by molar-refractivity contribution is 0.189. The SMILES string of the molecule is Clc1ccc(CN2CCC(c3nc(-c4ccccc4)no3)CC2)s1. The summed E-state index contributed by atoms with van der Waals surface area (Å²) in [6.45, 7) is 3.07. The van der Waals surface area contributed by atoms with Crippen LogP contribution in [0, 0.1) is 0 Å². The number of hydrogen-bond donors (Lipinski definition) is 0. The van der Waals surface area contributed by atoms with Gasteiger partial charge in [0.15, 0.2) is 0 Å². The van der Waals surface area contributed by atoms with E-state index in [1.165, 1.54) is 4.88 Å². The Balaban J connectivity index is 1.37. The van der Waals surface area contributed by atoms with E-state index in [2.05, 4.69) is 21.1 Å². The van der Waals surface area contributed by atoms with E-state index in [4.69, 9.17) is 16.1 Å². The maximum atomic E-state index is 6.01. The zero-order chi connectivity index (χ0) is 16.4. The van der Waals surface area contributed by atoms with Crippen LogP contribution in [0.3, 0.4) is 0 Å². The van der Waals surface area contributed by atoms with Gasteiger partial charge in [0.05, 0.1) is 4.34 Å². The van der Waals surface area contributed by atoms with Crippen molar-refractivity contribution in [2.75, 3.05) is 13.1 Å². The van der Waals surface area contributed by atoms with Gasteiger partial charge in [0, 0.05) is 22.9 Å². The Bertz CT molecular complexity index is 793. The first kappa shape index (κ1) is 15.8. The van der Waals surface area contributed by atoms with Crippen molar-refractivity contribution in [3.05, 3.63) is 57.6 Å². The molecule has 1 saturated heterocycles. The molecule has 1 aliphatic rings. The number of thiophene rings is 1. The zero-order valence-electron chi connectivity index (χ0n) is 13.2. The minimum atomic E-state index is 0.359. The summed E-state index contributed by atoms with van der Waals surface area (Å²) in [4.78, 5) is 8.39. The number of aromatic nitrogens is 2. The Morgan fingerprint density at radius 1 is 1.12 bits per heavy atom. The Labute approximate surface area is 150 Å². The maximum absolute atomic E-state index is 6.01. The van der Waals surface area contributed by atoms with Crippen LogP contribution in [0.2, 0.25) is 4.34 Å². The summed E-state index contributed by atoms with van der Waals surface area (Å²) in [5.74, 6) is 1.81. The predicted octanol–water partition coefficient (Wildman–Crippen LogP) is 4.83. The van der Waals surface area contributed by atoms with E-state index in [1.807, 2.05) is 36.4 Å². The van der Waals surface area contributed by atoms with Crippen molar-refractivity contribution in [3.8, 4) is 11.4 Å². The van der Waals surface area contributed by atoms with Crippen molar-refractivity contribution < 1.29 is 4.52 Å². The molecule has 3 aromatic rings. The normalized spacial score (nSPS) is 16.5. The van der Waals surface area contributed by atoms with Crippen LogP contribution in [-0.2, 0) is 6.54 Å². The standard InChI is InChI=1S/C18H18ClN3OS/c19-16-7-6-15(24-16)12-22-10-8-14(9-11-22)18-20-17(21-23-18)13-4-2-1-3-5-13/h1-7,14H,8-12H2. The Morgan fingerprint density at radius 2 is 1.92 bits per heavy atom. The molecule has 4 rings (SSSR count). The molecule has 1 aliphatic heterocycles. The third kappa shape index (κ3) is 3.53. The first-order valence-electron chi connectivity index (χ1n) is 8.13. The van der Waals surface area contributed by atoms with Crippen LogP contribution in [0.4, 0.5) is 0 Å². The number of nitrogens with zero attached hydrogens (tertiary/aromatic N) is 3. The molecule has 24 heavy (non-hydrogen) atoms. The molecule has 1 fully saturated rings. The van der Waals surface area contributed by atoms with Gasteiger partial charge in [-0.3, -0.25) is 4.90 Å². The summed E-state index contributed by atoms with van der Waals surface area (Å²) in [7, 11) is 0. The van der Waals surface area contributed by atoms with E-state index >= 15 is 0 Å². The van der Waals surface area contributed by atoms with Gasteiger partial charge < -0.3 is 4.52 Å². The molecule has 0 aliphatic carbocycles. The molecule has 0 radical (unpaired) electrons. The fourth-order valence-corrected chi connectivity index (χ4v) is 4.23. The Hall–Kier alpha value is -1.69. The molecule has 2 aromatic heterocycles. The van der Waals surface area contributed by atoms with Crippen LogP contribution in [0.25, 0.3) is 11.4 Å². The number of piperidine rings is 1. The van der Waals surface area contributed by atoms with Crippen LogP contribution in [0.1, 0.15) is 29.5 Å². The van der Waals surface area contributed by atoms with Gasteiger partial charge in [-0.1, -0.05) is 47.1 Å². The fraction of sp³-hybridized carbons (Fsp3) is 0.333. The number of rotatable bonds is 4. The second kappa shape index (κ2) is 7.05. The molecule has 124 valence electrons. The van der Waals surface area contributed by atoms with Crippen LogP contribution < -0.4 is 0 Å². The molecule has 0 unspecified atom stereocenters. The van der Waals surface area contributed by atoms with Gasteiger partial charge in [0.1, 0.15) is 0 Å². The highest BCUT2D eigenvalue weighted by molar-refractivity contribution is 7.16. The second-order valence-electron chi connectivity index (χ2n) is 6.08. The van der Waals surface area contributed by atoms with Crippen LogP contribution in [-0.4, -0.2) is 28.1 Å². The van der Waals surface area contributed by atoms with Crippen molar-refractivity contribution in [2.24, 2.45) is 0 Å². The largest absolute Gasteiger partial charge is 0.339 e. The van der Waals surface area contributed by atoms with E-state index in [0.717, 1.165) is 48.3 Å². The van der Waals surface area contributed by atoms with Crippen molar-refractivity contribution in [1.82, 2.24) is 15.0 Å². The minimum Gasteiger partial charge on any atom is -0.339 e. The fourth-order valence-electron chi connectivity index (χ4n) is 3.10. The first-order chi connectivity index (χ1) is 11.8. The molecule has 0 atom stereocenters. The summed E-state index contributed by atoms with van der Waals surface area (Å²) in [5.41, 5.74) is 1.000. The summed E-state index contributed by atoms with van der Waals surface area (Å²) in [6, 6.07) is 14.1. The molecule has 0 saturated carbocycles. The molecule has 0 spiro atoms. The number of likely N-dealkylation sites (tertiary alicyclic amines) is 1. The molecular formula is C18H18ClN3OS. The van der Waals surface area contributed by atoms with Crippen LogP contribution >= 0.6 is 22.9 Å². The summed E-state index contributed by atoms with van der Waals surface area (Å²) >= 11 is 7.67. The van der Waals surface area contributed by atoms with Crippen LogP contribution in [0.5, 0.6) is 0 Å². The average Bonchev–Trinajstić information content (AvgIpc) is 3.26. The smallest absolute Gasteiger partial charge is 0.230 e. The number of hydrogen-bond acceptors (Lipinski definition) is 5. The van der Waals surface area contributed by atoms with E-state index in [-0.39, 0.29) is 0 Å². The van der Waals surface area contributed by atoms with E-state index in [9.17, 15) is 0 Å². The summed E-state index contributed by atoms with van der Waals surface area (Å²) in [6.07, 6.45) is 2.10. The predicted molar refractivity (Wildman–Crippen MR) is 96.3 cm³/mol. The molecule has 0 amide bonds. The zero-order valence-corrected chi connectivity index (χ0v) is 14.8. The summed E-state index contributed by atoms with van der Waals surface area (Å²) in [5, 5.41) is 4.14. The second-order valence-corrected chi connectivity index (χ2v) is 7.88. The van der Waals surface area contributed by atoms with E-state index in [0.29, 0.717) is 11.7 Å². The van der Waals surface area contributed by atoms with Gasteiger partial charge in [-0.05, 0) is 38.1 Å². The van der Waals surface area contributed by atoms with Gasteiger partial charge in [-0.15, -0.1) is 11.3 Å². The van der Waals surface area contributed by atoms with Gasteiger partial charge in [-0.25, -0.2) is 0 Å². The van der Waals surface area contributed by atoms with E-state index in [1.54, 1.807) is 11.3 Å². The Morgan fingerprint density at radius 3 is 2.62 bits per heavy atom. The maximum Gasteiger partial charge on any atom is 0.230 e. The first-order valence-corrected chi connectivity index (χ1v) is 9.33. The van der Waals surface area contributed by atoms with Gasteiger partial charge in [-0.2, -0.15) is 4.98 Å². The number of halogens is 1. The van der Waals surface area contributed by atoms with Crippen LogP contribution in [0.15, 0.2) is 47.0 Å². The van der Waals surface area contributed by atoms with Gasteiger partial charge in [0.2, 0.25) is 11.7 Å². The Kier molecular flexibility index (Phi) is 4.65. The molecule has 0 bridgehead atoms. The van der Waals surface area contributed by atoms with Gasteiger partial charge >= 0.3 is 0 Å². The van der Waals surface area contributed by atoms with Crippen molar-refractivity contribution >= 4 is 22.9 Å². The monoisotopic (exact) mass is 359 g/mol. The minimum absolute atomic E-state index is 0.359. The third-order valence-electron chi connectivity index (χ3n) is 4.42. The third-order valence-corrected chi connectivity index (χ3v) is 5.63. The quantitative estimate of drug-likeness (QED) is 0.669. The van der Waals surface area contributed by atoms with Crippen molar-refractivity contribution in [1.29, 1.82) is 0 Å². The molecule has 4 nitrogen and oxygen atoms in total. The van der Waals surface area contributed by atoms with Crippen molar-refractivity contribution in [3.63, 3.8) is 0 Å². The van der Waals surface area contributed by atoms with E-state index < -0.39 is 0 Å². The van der Waals surface area contributed by atoms with Crippen molar-refractivity contribution in [2.45, 2.75) is 25.3 Å². The molecular weight excluding hydrogens is 342 g/mol. The molecule has 6 heteroatoms. The molecule has 1 aromatic carbocycles. The highest BCUT2D eigenvalue weighted by Crippen LogP contribution is 2.30. The highest BCUT2D eigenvalue weighted by Gasteiger charge is 2.25. The lowest BCUT2D eigenvalue weighted by Gasteiger charge is -2.29. The topological polar surface area (TPSA) is 42.2 Å². The lowest BCUT2D eigenvalue weighted by atomic mass is 9.97. The molecule has 0 N–H and O–H groups in total. The number of benzene rings is 1. The average molecular weight is 360 g/mol. The van der Waals surface area contributed by atoms with Gasteiger partial charge in [0.25, 0.3) is 0 Å². The summed E-state index contributed by atoms with van der Waals surface area (Å²) < 4.78 is 6.38. The lowest BCUT2D eigenvalue weighted by Crippen LogP contribution is -2.32. The highest BCUT2D eigenvalue weighted by atomic mass is 35.5. The molecule has 3 heterocycles.